The van der Waals surface area contributed by atoms with Crippen LogP contribution in [0.5, 0.6) is 0 Å². The highest BCUT2D eigenvalue weighted by Gasteiger charge is 2.24. The molecule has 0 spiro atoms. The van der Waals surface area contributed by atoms with Crippen LogP contribution in [0.4, 0.5) is 0 Å². The molecule has 1 heterocycles. The maximum Gasteiger partial charge on any atom is 0.213 e. The lowest BCUT2D eigenvalue weighted by molar-refractivity contribution is 0.0453. The second kappa shape index (κ2) is 7.70. The smallest absolute Gasteiger partial charge is 0.213 e. The van der Waals surface area contributed by atoms with Crippen molar-refractivity contribution in [2.24, 2.45) is 0 Å². The molecule has 1 aliphatic rings. The number of sulfonamides is 1. The van der Waals surface area contributed by atoms with Crippen molar-refractivity contribution in [3.05, 3.63) is 0 Å². The highest BCUT2D eigenvalue weighted by atomic mass is 32.2. The zero-order valence-corrected chi connectivity index (χ0v) is 13.9. The van der Waals surface area contributed by atoms with Gasteiger partial charge in [-0.3, -0.25) is 4.90 Å². The average molecular weight is 307 g/mol. The summed E-state index contributed by atoms with van der Waals surface area (Å²) in [6.07, 6.45) is 0.373. The zero-order valence-electron chi connectivity index (χ0n) is 13.1. The first-order valence-corrected chi connectivity index (χ1v) is 8.88. The summed E-state index contributed by atoms with van der Waals surface area (Å²) in [6.45, 7) is 8.32. The molecular formula is C13H29N3O3S. The van der Waals surface area contributed by atoms with Crippen molar-refractivity contribution in [2.75, 3.05) is 52.6 Å². The van der Waals surface area contributed by atoms with E-state index in [1.807, 2.05) is 6.92 Å². The van der Waals surface area contributed by atoms with Crippen LogP contribution in [0.25, 0.3) is 0 Å². The molecule has 0 aromatic rings. The van der Waals surface area contributed by atoms with Crippen LogP contribution in [0.2, 0.25) is 0 Å². The largest absolute Gasteiger partial charge is 0.392 e. The summed E-state index contributed by atoms with van der Waals surface area (Å²) < 4.78 is 24.7. The third-order valence-corrected chi connectivity index (χ3v) is 5.70. The number of hydrogen-bond donors (Lipinski definition) is 1. The molecule has 0 aromatic carbocycles. The minimum absolute atomic E-state index is 0.211. The van der Waals surface area contributed by atoms with Crippen LogP contribution in [0.3, 0.4) is 0 Å². The van der Waals surface area contributed by atoms with Crippen molar-refractivity contribution in [1.29, 1.82) is 0 Å². The molecule has 0 aliphatic carbocycles. The molecule has 120 valence electrons. The van der Waals surface area contributed by atoms with Crippen molar-refractivity contribution >= 4 is 10.0 Å². The maximum absolute atomic E-state index is 11.7. The standard InChI is InChI=1S/C13H29N3O3S/c1-12-10-15(7-8-16(12)11-13(2)17)6-5-9-20(18,19)14(3)4/h12-13,17H,5-11H2,1-4H3. The van der Waals surface area contributed by atoms with E-state index in [-0.39, 0.29) is 11.9 Å². The van der Waals surface area contributed by atoms with Crippen molar-refractivity contribution in [2.45, 2.75) is 32.4 Å². The molecule has 2 unspecified atom stereocenters. The third kappa shape index (κ3) is 5.65. The number of aliphatic hydroxyl groups is 1. The summed E-state index contributed by atoms with van der Waals surface area (Å²) in [6, 6.07) is 0.406. The maximum atomic E-state index is 11.7. The van der Waals surface area contributed by atoms with Crippen LogP contribution < -0.4 is 0 Å². The van der Waals surface area contributed by atoms with Gasteiger partial charge in [-0.15, -0.1) is 0 Å². The third-order valence-electron chi connectivity index (χ3n) is 3.78. The summed E-state index contributed by atoms with van der Waals surface area (Å²) in [5.74, 6) is 0.211. The quantitative estimate of drug-likeness (QED) is 0.697. The minimum atomic E-state index is -3.08. The van der Waals surface area contributed by atoms with Gasteiger partial charge >= 0.3 is 0 Å². The van der Waals surface area contributed by atoms with Gasteiger partial charge in [-0.05, 0) is 26.8 Å². The Bertz CT molecular complexity index is 384. The first-order valence-electron chi connectivity index (χ1n) is 7.27. The lowest BCUT2D eigenvalue weighted by Gasteiger charge is -2.40. The van der Waals surface area contributed by atoms with Gasteiger partial charge < -0.3 is 10.0 Å². The summed E-state index contributed by atoms with van der Waals surface area (Å²) in [5.41, 5.74) is 0. The lowest BCUT2D eigenvalue weighted by Crippen LogP contribution is -2.53. The van der Waals surface area contributed by atoms with E-state index < -0.39 is 10.0 Å². The highest BCUT2D eigenvalue weighted by molar-refractivity contribution is 7.89. The predicted octanol–water partition coefficient (Wildman–Crippen LogP) is -0.345. The van der Waals surface area contributed by atoms with Gasteiger partial charge in [-0.1, -0.05) is 0 Å². The zero-order chi connectivity index (χ0) is 15.3. The van der Waals surface area contributed by atoms with Gasteiger partial charge in [0, 0.05) is 46.3 Å². The molecule has 6 nitrogen and oxygen atoms in total. The second-order valence-electron chi connectivity index (χ2n) is 5.95. The summed E-state index contributed by atoms with van der Waals surface area (Å²) in [4.78, 5) is 4.60. The highest BCUT2D eigenvalue weighted by Crippen LogP contribution is 2.11. The summed E-state index contributed by atoms with van der Waals surface area (Å²) >= 11 is 0. The molecule has 0 radical (unpaired) electrons. The molecule has 1 saturated heterocycles. The monoisotopic (exact) mass is 307 g/mol. The van der Waals surface area contributed by atoms with E-state index in [1.165, 1.54) is 4.31 Å². The predicted molar refractivity (Wildman–Crippen MR) is 81.2 cm³/mol. The van der Waals surface area contributed by atoms with Crippen LogP contribution in [-0.2, 0) is 10.0 Å². The summed E-state index contributed by atoms with van der Waals surface area (Å²) in [5, 5.41) is 9.44. The van der Waals surface area contributed by atoms with Gasteiger partial charge in [0.05, 0.1) is 11.9 Å². The Labute approximate surface area is 123 Å². The van der Waals surface area contributed by atoms with Gasteiger partial charge in [0.2, 0.25) is 10.0 Å². The van der Waals surface area contributed by atoms with E-state index >= 15 is 0 Å². The number of hydrogen-bond acceptors (Lipinski definition) is 5. The Kier molecular flexibility index (Phi) is 6.87. The fraction of sp³-hybridized carbons (Fsp3) is 1.00. The van der Waals surface area contributed by atoms with Crippen LogP contribution in [-0.4, -0.2) is 92.3 Å². The van der Waals surface area contributed by atoms with Crippen molar-refractivity contribution in [3.8, 4) is 0 Å². The van der Waals surface area contributed by atoms with Gasteiger partial charge in [-0.2, -0.15) is 0 Å². The van der Waals surface area contributed by atoms with Crippen molar-refractivity contribution < 1.29 is 13.5 Å². The van der Waals surface area contributed by atoms with Crippen molar-refractivity contribution in [1.82, 2.24) is 14.1 Å². The van der Waals surface area contributed by atoms with E-state index in [0.29, 0.717) is 19.0 Å². The van der Waals surface area contributed by atoms with E-state index in [9.17, 15) is 13.5 Å². The normalized spacial score (nSPS) is 24.2. The average Bonchev–Trinajstić information content (AvgIpc) is 2.31. The van der Waals surface area contributed by atoms with Gasteiger partial charge in [0.25, 0.3) is 0 Å². The van der Waals surface area contributed by atoms with E-state index in [2.05, 4.69) is 16.7 Å². The number of nitrogens with zero attached hydrogens (tertiary/aromatic N) is 3. The van der Waals surface area contributed by atoms with Crippen LogP contribution in [0.15, 0.2) is 0 Å². The molecule has 0 bridgehead atoms. The van der Waals surface area contributed by atoms with Crippen LogP contribution in [0.1, 0.15) is 20.3 Å². The van der Waals surface area contributed by atoms with E-state index in [4.69, 9.17) is 0 Å². The lowest BCUT2D eigenvalue weighted by atomic mass is 10.1. The number of β-amino-alcohol motifs (C(OH)–C–C–N with tert-alkyl or cyclic N) is 1. The van der Waals surface area contributed by atoms with Gasteiger partial charge in [-0.25, -0.2) is 12.7 Å². The van der Waals surface area contributed by atoms with E-state index in [0.717, 1.165) is 26.2 Å². The SMILES string of the molecule is CC(O)CN1CCN(CCCS(=O)(=O)N(C)C)CC1C. The molecule has 7 heteroatoms. The molecule has 0 aromatic heterocycles. The van der Waals surface area contributed by atoms with Crippen molar-refractivity contribution in [3.63, 3.8) is 0 Å². The molecule has 1 rings (SSSR count). The Morgan fingerprint density at radius 1 is 1.35 bits per heavy atom. The molecule has 2 atom stereocenters. The van der Waals surface area contributed by atoms with E-state index in [1.54, 1.807) is 14.1 Å². The fourth-order valence-electron chi connectivity index (χ4n) is 2.54. The molecule has 1 N–H and O–H groups in total. The molecule has 1 aliphatic heterocycles. The number of aliphatic hydroxyl groups excluding tert-OH is 1. The summed E-state index contributed by atoms with van der Waals surface area (Å²) in [7, 11) is 0.0752. The molecular weight excluding hydrogens is 278 g/mol. The Hall–Kier alpha value is -0.210. The van der Waals surface area contributed by atoms with Crippen LogP contribution in [0, 0.1) is 0 Å². The molecule has 0 amide bonds. The minimum Gasteiger partial charge on any atom is -0.392 e. The van der Waals surface area contributed by atoms with Gasteiger partial charge in [0.15, 0.2) is 0 Å². The fourth-order valence-corrected chi connectivity index (χ4v) is 3.40. The first kappa shape index (κ1) is 17.8. The van der Waals surface area contributed by atoms with Gasteiger partial charge in [0.1, 0.15) is 0 Å². The topological polar surface area (TPSA) is 64.1 Å². The number of piperazine rings is 1. The van der Waals surface area contributed by atoms with Crippen LogP contribution >= 0.6 is 0 Å². The number of rotatable bonds is 7. The first-order chi connectivity index (χ1) is 9.22. The Morgan fingerprint density at radius 3 is 2.50 bits per heavy atom. The second-order valence-corrected chi connectivity index (χ2v) is 8.25. The Balaban J connectivity index is 2.31. The Morgan fingerprint density at radius 2 is 2.00 bits per heavy atom. The molecule has 1 fully saturated rings. The molecule has 20 heavy (non-hydrogen) atoms. The molecule has 0 saturated carbocycles.